The van der Waals surface area contributed by atoms with E-state index in [9.17, 15) is 5.11 Å². The molecule has 0 saturated heterocycles. The summed E-state index contributed by atoms with van der Waals surface area (Å²) in [7, 11) is 2.09. The molecule has 1 aliphatic rings. The minimum absolute atomic E-state index is 0.161. The summed E-state index contributed by atoms with van der Waals surface area (Å²) in [6.07, 6.45) is 6.02. The molecular weight excluding hydrogens is 202 g/mol. The quantitative estimate of drug-likeness (QED) is 0.854. The van der Waals surface area contributed by atoms with E-state index in [0.717, 1.165) is 31.6 Å². The standard InChI is InChI=1S/C13H21NO2/c1-10-11(7-8-16-10)9-14(2)12-5-3-4-6-13(12)15/h7-8,12-13,15H,3-6,9H2,1-2H3/t12-,13-/m0/s1. The summed E-state index contributed by atoms with van der Waals surface area (Å²) in [4.78, 5) is 2.25. The molecule has 0 bridgehead atoms. The molecule has 0 unspecified atom stereocenters. The second-order valence-electron chi connectivity index (χ2n) is 4.84. The third-order valence-electron chi connectivity index (χ3n) is 3.65. The van der Waals surface area contributed by atoms with Gasteiger partial charge < -0.3 is 9.52 Å². The fourth-order valence-electron chi connectivity index (χ4n) is 2.57. The van der Waals surface area contributed by atoms with Gasteiger partial charge in [0.05, 0.1) is 12.4 Å². The van der Waals surface area contributed by atoms with Gasteiger partial charge >= 0.3 is 0 Å². The average Bonchev–Trinajstić information content (AvgIpc) is 2.65. The van der Waals surface area contributed by atoms with E-state index in [1.165, 1.54) is 12.0 Å². The fraction of sp³-hybridized carbons (Fsp3) is 0.692. The molecule has 1 aliphatic carbocycles. The van der Waals surface area contributed by atoms with Crippen LogP contribution in [-0.2, 0) is 6.54 Å². The van der Waals surface area contributed by atoms with Gasteiger partial charge in [0.25, 0.3) is 0 Å². The van der Waals surface area contributed by atoms with Gasteiger partial charge in [-0.15, -0.1) is 0 Å². The van der Waals surface area contributed by atoms with Gasteiger partial charge in [-0.1, -0.05) is 12.8 Å². The first-order valence-corrected chi connectivity index (χ1v) is 6.10. The van der Waals surface area contributed by atoms with Crippen molar-refractivity contribution in [3.8, 4) is 0 Å². The number of hydrogen-bond acceptors (Lipinski definition) is 3. The number of aryl methyl sites for hydroxylation is 1. The van der Waals surface area contributed by atoms with Crippen molar-refractivity contribution in [1.29, 1.82) is 0 Å². The largest absolute Gasteiger partial charge is 0.469 e. The van der Waals surface area contributed by atoms with Crippen LogP contribution < -0.4 is 0 Å². The van der Waals surface area contributed by atoms with Crippen LogP contribution in [0.2, 0.25) is 0 Å². The van der Waals surface area contributed by atoms with Crippen LogP contribution in [-0.4, -0.2) is 29.2 Å². The lowest BCUT2D eigenvalue weighted by molar-refractivity contribution is 0.0286. The Morgan fingerprint density at radius 1 is 1.44 bits per heavy atom. The van der Waals surface area contributed by atoms with Crippen LogP contribution >= 0.6 is 0 Å². The maximum atomic E-state index is 9.97. The average molecular weight is 223 g/mol. The summed E-state index contributed by atoms with van der Waals surface area (Å²) in [6.45, 7) is 2.85. The predicted octanol–water partition coefficient (Wildman–Crippen LogP) is 2.32. The second-order valence-corrected chi connectivity index (χ2v) is 4.84. The lowest BCUT2D eigenvalue weighted by atomic mass is 9.91. The van der Waals surface area contributed by atoms with Gasteiger partial charge in [0.15, 0.2) is 0 Å². The Morgan fingerprint density at radius 3 is 2.81 bits per heavy atom. The van der Waals surface area contributed by atoms with Crippen LogP contribution in [0.15, 0.2) is 16.7 Å². The summed E-state index contributed by atoms with van der Waals surface area (Å²) in [6, 6.07) is 2.32. The molecule has 0 radical (unpaired) electrons. The lowest BCUT2D eigenvalue weighted by Gasteiger charge is -2.35. The zero-order valence-electron chi connectivity index (χ0n) is 10.1. The van der Waals surface area contributed by atoms with Crippen LogP contribution in [0.4, 0.5) is 0 Å². The third kappa shape index (κ3) is 2.47. The molecule has 16 heavy (non-hydrogen) atoms. The highest BCUT2D eigenvalue weighted by Gasteiger charge is 2.26. The first-order valence-electron chi connectivity index (χ1n) is 6.10. The number of rotatable bonds is 3. The fourth-order valence-corrected chi connectivity index (χ4v) is 2.57. The van der Waals surface area contributed by atoms with E-state index in [-0.39, 0.29) is 6.10 Å². The van der Waals surface area contributed by atoms with Gasteiger partial charge in [-0.05, 0) is 32.9 Å². The zero-order chi connectivity index (χ0) is 11.5. The Bertz CT molecular complexity index is 334. The Balaban J connectivity index is 1.96. The SMILES string of the molecule is Cc1occc1CN(C)[C@H]1CCCC[C@@H]1O. The smallest absolute Gasteiger partial charge is 0.105 e. The summed E-state index contributed by atoms with van der Waals surface area (Å²) >= 11 is 0. The first kappa shape index (κ1) is 11.7. The monoisotopic (exact) mass is 223 g/mol. The number of furan rings is 1. The van der Waals surface area contributed by atoms with Crippen molar-refractivity contribution in [2.45, 2.75) is 51.3 Å². The molecule has 1 aromatic rings. The molecule has 2 rings (SSSR count). The van der Waals surface area contributed by atoms with Gasteiger partial charge in [0.2, 0.25) is 0 Å². The van der Waals surface area contributed by atoms with E-state index < -0.39 is 0 Å². The molecule has 1 heterocycles. The summed E-state index contributed by atoms with van der Waals surface area (Å²) in [5.74, 6) is 0.983. The number of aliphatic hydroxyl groups is 1. The highest BCUT2D eigenvalue weighted by Crippen LogP contribution is 2.24. The molecule has 1 saturated carbocycles. The van der Waals surface area contributed by atoms with Crippen molar-refractivity contribution < 1.29 is 9.52 Å². The molecule has 3 heteroatoms. The summed E-state index contributed by atoms with van der Waals surface area (Å²) < 4.78 is 5.29. The van der Waals surface area contributed by atoms with E-state index in [1.807, 2.05) is 13.0 Å². The molecule has 1 aromatic heterocycles. The highest BCUT2D eigenvalue weighted by atomic mass is 16.3. The van der Waals surface area contributed by atoms with Gasteiger partial charge in [0.1, 0.15) is 5.76 Å². The second kappa shape index (κ2) is 5.02. The molecule has 2 atom stereocenters. The van der Waals surface area contributed by atoms with E-state index in [2.05, 4.69) is 11.9 Å². The van der Waals surface area contributed by atoms with Crippen molar-refractivity contribution in [2.24, 2.45) is 0 Å². The van der Waals surface area contributed by atoms with E-state index in [1.54, 1.807) is 6.26 Å². The lowest BCUT2D eigenvalue weighted by Crippen LogP contribution is -2.42. The minimum Gasteiger partial charge on any atom is -0.469 e. The zero-order valence-corrected chi connectivity index (χ0v) is 10.1. The molecule has 90 valence electrons. The van der Waals surface area contributed by atoms with Crippen LogP contribution in [0.5, 0.6) is 0 Å². The van der Waals surface area contributed by atoms with Crippen molar-refractivity contribution in [1.82, 2.24) is 4.90 Å². The molecular formula is C13H21NO2. The number of aliphatic hydroxyl groups excluding tert-OH is 1. The van der Waals surface area contributed by atoms with Gasteiger partial charge in [0, 0.05) is 18.2 Å². The van der Waals surface area contributed by atoms with Crippen LogP contribution in [0.3, 0.4) is 0 Å². The molecule has 0 amide bonds. The Labute approximate surface area is 97.1 Å². The third-order valence-corrected chi connectivity index (χ3v) is 3.65. The minimum atomic E-state index is -0.161. The Morgan fingerprint density at radius 2 is 2.19 bits per heavy atom. The number of nitrogens with zero attached hydrogens (tertiary/aromatic N) is 1. The van der Waals surface area contributed by atoms with Gasteiger partial charge in [-0.3, -0.25) is 4.90 Å². The van der Waals surface area contributed by atoms with E-state index in [0.29, 0.717) is 6.04 Å². The van der Waals surface area contributed by atoms with Crippen molar-refractivity contribution in [2.75, 3.05) is 7.05 Å². The first-order chi connectivity index (χ1) is 7.68. The molecule has 3 nitrogen and oxygen atoms in total. The van der Waals surface area contributed by atoms with Gasteiger partial charge in [-0.2, -0.15) is 0 Å². The Kier molecular flexibility index (Phi) is 3.66. The molecule has 0 spiro atoms. The molecule has 0 aliphatic heterocycles. The van der Waals surface area contributed by atoms with Crippen LogP contribution in [0, 0.1) is 6.92 Å². The molecule has 0 aromatic carbocycles. The molecule has 1 N–H and O–H groups in total. The maximum Gasteiger partial charge on any atom is 0.105 e. The van der Waals surface area contributed by atoms with Crippen LogP contribution in [0.25, 0.3) is 0 Å². The van der Waals surface area contributed by atoms with Gasteiger partial charge in [-0.25, -0.2) is 0 Å². The number of hydrogen-bond donors (Lipinski definition) is 1. The maximum absolute atomic E-state index is 9.97. The highest BCUT2D eigenvalue weighted by molar-refractivity contribution is 5.15. The number of likely N-dealkylation sites (N-methyl/N-ethyl adjacent to an activating group) is 1. The van der Waals surface area contributed by atoms with Crippen LogP contribution in [0.1, 0.15) is 37.0 Å². The van der Waals surface area contributed by atoms with E-state index in [4.69, 9.17) is 4.42 Å². The van der Waals surface area contributed by atoms with Crippen molar-refractivity contribution >= 4 is 0 Å². The summed E-state index contributed by atoms with van der Waals surface area (Å²) in [5, 5.41) is 9.97. The van der Waals surface area contributed by atoms with Crippen molar-refractivity contribution in [3.63, 3.8) is 0 Å². The van der Waals surface area contributed by atoms with E-state index >= 15 is 0 Å². The predicted molar refractivity (Wildman–Crippen MR) is 63.2 cm³/mol. The normalized spacial score (nSPS) is 26.2. The topological polar surface area (TPSA) is 36.6 Å². The Hall–Kier alpha value is -0.800. The molecule has 1 fully saturated rings. The van der Waals surface area contributed by atoms with Crippen molar-refractivity contribution in [3.05, 3.63) is 23.7 Å². The summed E-state index contributed by atoms with van der Waals surface area (Å²) in [5.41, 5.74) is 1.22.